The molecule has 2 saturated heterocycles. The van der Waals surface area contributed by atoms with Gasteiger partial charge in [-0.05, 0) is 44.5 Å². The summed E-state index contributed by atoms with van der Waals surface area (Å²) in [5.41, 5.74) is 1.33. The van der Waals surface area contributed by atoms with Crippen LogP contribution < -0.4 is 4.74 Å². The van der Waals surface area contributed by atoms with E-state index >= 15 is 0 Å². The van der Waals surface area contributed by atoms with Crippen LogP contribution in [0.25, 0.3) is 5.57 Å². The molecule has 10 nitrogen and oxygen atoms in total. The molecule has 0 saturated carbocycles. The van der Waals surface area contributed by atoms with Crippen LogP contribution in [0.15, 0.2) is 36.0 Å². The molecule has 6 rings (SSSR count). The van der Waals surface area contributed by atoms with Gasteiger partial charge in [0, 0.05) is 23.1 Å². The molecule has 4 aliphatic rings. The number of phenolic OH excluding ortho intramolecular Hbond substituents is 1. The predicted molar refractivity (Wildman–Crippen MR) is 127 cm³/mol. The number of nitrogens with zero attached hydrogens (tertiary/aromatic N) is 1. The van der Waals surface area contributed by atoms with Crippen LogP contribution in [0.1, 0.15) is 63.9 Å². The van der Waals surface area contributed by atoms with Gasteiger partial charge in [-0.3, -0.25) is 9.59 Å². The van der Waals surface area contributed by atoms with Gasteiger partial charge in [0.15, 0.2) is 5.78 Å². The fourth-order valence-electron chi connectivity index (χ4n) is 5.62. The number of ketones is 2. The molecule has 1 aliphatic carbocycles. The molecule has 192 valence electrons. The maximum atomic E-state index is 14.1. The van der Waals surface area contributed by atoms with Gasteiger partial charge in [0.1, 0.15) is 29.3 Å². The number of esters is 1. The molecular formula is C27H25NO9. The summed E-state index contributed by atoms with van der Waals surface area (Å²) >= 11 is 0. The normalized spacial score (nSPS) is 30.4. The van der Waals surface area contributed by atoms with Crippen LogP contribution in [0.5, 0.6) is 11.5 Å². The van der Waals surface area contributed by atoms with Gasteiger partial charge in [-0.2, -0.15) is 0 Å². The average molecular weight is 507 g/mol. The van der Waals surface area contributed by atoms with Crippen LogP contribution in [-0.2, 0) is 14.3 Å². The molecule has 2 aromatic rings. The van der Waals surface area contributed by atoms with Crippen LogP contribution in [0, 0.1) is 6.92 Å². The lowest BCUT2D eigenvalue weighted by Crippen LogP contribution is -2.48. The van der Waals surface area contributed by atoms with E-state index in [1.807, 2.05) is 0 Å². The zero-order valence-corrected chi connectivity index (χ0v) is 20.3. The summed E-state index contributed by atoms with van der Waals surface area (Å²) in [6.07, 6.45) is -4.87. The zero-order valence-electron chi connectivity index (χ0n) is 20.3. The number of carbonyl (C=O) groups is 3. The third-order valence-electron chi connectivity index (χ3n) is 7.42. The van der Waals surface area contributed by atoms with Crippen molar-refractivity contribution in [3.8, 4) is 11.5 Å². The Kier molecular flexibility index (Phi) is 5.20. The van der Waals surface area contributed by atoms with Crippen LogP contribution >= 0.6 is 0 Å². The molecule has 6 unspecified atom stereocenters. The van der Waals surface area contributed by atoms with Crippen LogP contribution in [0.4, 0.5) is 0 Å². The predicted octanol–water partition coefficient (Wildman–Crippen LogP) is 1.99. The summed E-state index contributed by atoms with van der Waals surface area (Å²) in [5.74, 6) is -1.75. The Labute approximate surface area is 211 Å². The van der Waals surface area contributed by atoms with Crippen molar-refractivity contribution in [3.63, 3.8) is 0 Å². The molecule has 0 bridgehead atoms. The third-order valence-corrected chi connectivity index (χ3v) is 7.42. The number of allylic oxidation sites excluding steroid dienone is 2. The first-order valence-corrected chi connectivity index (χ1v) is 12.1. The SMILES string of the molecule is Cc1cc(O)c2c(c1)C1OC(=O)C(C)N1C1=C2C(=O)c2cccc(OC3CC(O)C(O)C(C)O3)c2C1=O. The molecule has 10 heteroatoms. The molecule has 3 aliphatic heterocycles. The monoisotopic (exact) mass is 507 g/mol. The standard InChI is InChI=1S/C27H25NO9/c1-10-7-14-19(15(29)8-10)21-22(28-11(2)27(34)37-26(14)28)25(33)20-13(24(21)32)5-4-6-17(20)36-18-9-16(30)23(31)12(3)35-18/h4-8,11-12,16,18,23,26,29-31H,9H2,1-3H3. The first kappa shape index (κ1) is 23.7. The van der Waals surface area contributed by atoms with Crippen molar-refractivity contribution in [2.45, 2.75) is 64.1 Å². The van der Waals surface area contributed by atoms with E-state index in [9.17, 15) is 29.7 Å². The summed E-state index contributed by atoms with van der Waals surface area (Å²) in [6.45, 7) is 4.95. The largest absolute Gasteiger partial charge is 0.507 e. The van der Waals surface area contributed by atoms with E-state index in [0.29, 0.717) is 11.1 Å². The molecule has 0 aromatic heterocycles. The number of hydrogen-bond donors (Lipinski definition) is 3. The van der Waals surface area contributed by atoms with Crippen LogP contribution in [0.3, 0.4) is 0 Å². The number of aliphatic hydroxyl groups is 2. The molecule has 6 atom stereocenters. The van der Waals surface area contributed by atoms with Crippen molar-refractivity contribution >= 4 is 23.1 Å². The lowest BCUT2D eigenvalue weighted by Gasteiger charge is -2.39. The highest BCUT2D eigenvalue weighted by atomic mass is 16.7. The molecule has 3 heterocycles. The second kappa shape index (κ2) is 8.14. The maximum absolute atomic E-state index is 14.1. The number of ether oxygens (including phenoxy) is 3. The first-order chi connectivity index (χ1) is 17.6. The Balaban J connectivity index is 1.50. The molecule has 3 N–H and O–H groups in total. The minimum absolute atomic E-state index is 0.00429. The molecule has 0 spiro atoms. The van der Waals surface area contributed by atoms with Crippen molar-refractivity contribution < 1.29 is 43.9 Å². The smallest absolute Gasteiger partial charge is 0.330 e. The number of aryl methyl sites for hydroxylation is 1. The quantitative estimate of drug-likeness (QED) is 0.517. The van der Waals surface area contributed by atoms with E-state index < -0.39 is 54.4 Å². The number of rotatable bonds is 2. The van der Waals surface area contributed by atoms with Gasteiger partial charge in [-0.25, -0.2) is 4.79 Å². The highest BCUT2D eigenvalue weighted by Gasteiger charge is 2.52. The van der Waals surface area contributed by atoms with Gasteiger partial charge in [-0.15, -0.1) is 0 Å². The van der Waals surface area contributed by atoms with Crippen molar-refractivity contribution in [3.05, 3.63) is 63.8 Å². The number of fused-ring (bicyclic) bond motifs is 6. The zero-order chi connectivity index (χ0) is 26.3. The van der Waals surface area contributed by atoms with Crippen LogP contribution in [-0.4, -0.2) is 68.4 Å². The number of aromatic hydroxyl groups is 1. The van der Waals surface area contributed by atoms with Gasteiger partial charge in [-0.1, -0.05) is 12.1 Å². The first-order valence-electron chi connectivity index (χ1n) is 12.1. The van der Waals surface area contributed by atoms with E-state index in [-0.39, 0.29) is 45.9 Å². The van der Waals surface area contributed by atoms with E-state index in [2.05, 4.69) is 0 Å². The Bertz CT molecular complexity index is 1400. The Morgan fingerprint density at radius 1 is 1.05 bits per heavy atom. The van der Waals surface area contributed by atoms with Gasteiger partial charge in [0.05, 0.1) is 23.3 Å². The lowest BCUT2D eigenvalue weighted by atomic mass is 9.78. The summed E-state index contributed by atoms with van der Waals surface area (Å²) in [6, 6.07) is 6.96. The fraction of sp³-hybridized carbons (Fsp3) is 0.370. The highest BCUT2D eigenvalue weighted by molar-refractivity contribution is 6.41. The molecule has 2 aromatic carbocycles. The van der Waals surface area contributed by atoms with Gasteiger partial charge < -0.3 is 34.4 Å². The van der Waals surface area contributed by atoms with E-state index in [4.69, 9.17) is 14.2 Å². The summed E-state index contributed by atoms with van der Waals surface area (Å²) in [4.78, 5) is 42.1. The minimum atomic E-state index is -1.09. The molecular weight excluding hydrogens is 482 g/mol. The average Bonchev–Trinajstić information content (AvgIpc) is 3.14. The Morgan fingerprint density at radius 3 is 2.54 bits per heavy atom. The number of benzene rings is 2. The third kappa shape index (κ3) is 3.33. The van der Waals surface area contributed by atoms with Crippen molar-refractivity contribution in [2.24, 2.45) is 0 Å². The van der Waals surface area contributed by atoms with Gasteiger partial charge in [0.25, 0.3) is 0 Å². The number of Topliss-reactive ketones (excluding diaryl/α,β-unsaturated/α-hetero) is 2. The lowest BCUT2D eigenvalue weighted by molar-refractivity contribution is -0.216. The fourth-order valence-corrected chi connectivity index (χ4v) is 5.62. The molecule has 0 radical (unpaired) electrons. The van der Waals surface area contributed by atoms with E-state index in [1.165, 1.54) is 23.1 Å². The Hall–Kier alpha value is -3.73. The topological polar surface area (TPSA) is 143 Å². The maximum Gasteiger partial charge on any atom is 0.330 e. The molecule has 37 heavy (non-hydrogen) atoms. The number of carbonyl (C=O) groups excluding carboxylic acids is 3. The van der Waals surface area contributed by atoms with E-state index in [0.717, 1.165) is 0 Å². The summed E-state index contributed by atoms with van der Waals surface area (Å²) in [5, 5.41) is 31.0. The van der Waals surface area contributed by atoms with Crippen molar-refractivity contribution in [2.75, 3.05) is 0 Å². The second-order valence-electron chi connectivity index (χ2n) is 9.86. The second-order valence-corrected chi connectivity index (χ2v) is 9.86. The number of hydrogen-bond acceptors (Lipinski definition) is 10. The highest BCUT2D eigenvalue weighted by Crippen LogP contribution is 2.52. The van der Waals surface area contributed by atoms with Crippen LogP contribution in [0.2, 0.25) is 0 Å². The summed E-state index contributed by atoms with van der Waals surface area (Å²) < 4.78 is 17.2. The van der Waals surface area contributed by atoms with E-state index in [1.54, 1.807) is 32.9 Å². The minimum Gasteiger partial charge on any atom is -0.507 e. The number of phenols is 1. The number of aliphatic hydroxyl groups excluding tert-OH is 2. The van der Waals surface area contributed by atoms with Gasteiger partial charge in [0.2, 0.25) is 18.3 Å². The summed E-state index contributed by atoms with van der Waals surface area (Å²) in [7, 11) is 0. The molecule has 2 fully saturated rings. The van der Waals surface area contributed by atoms with Crippen molar-refractivity contribution in [1.29, 1.82) is 0 Å². The molecule has 0 amide bonds. The van der Waals surface area contributed by atoms with Gasteiger partial charge >= 0.3 is 5.97 Å². The van der Waals surface area contributed by atoms with Crippen molar-refractivity contribution in [1.82, 2.24) is 4.90 Å². The Morgan fingerprint density at radius 2 is 1.81 bits per heavy atom.